The van der Waals surface area contributed by atoms with Crippen LogP contribution in [0.15, 0.2) is 0 Å². The van der Waals surface area contributed by atoms with Gasteiger partial charge in [0.05, 0.1) is 6.61 Å². The fourth-order valence-electron chi connectivity index (χ4n) is 0.766. The fourth-order valence-corrected chi connectivity index (χ4v) is 0.766. The molecule has 0 aliphatic heterocycles. The Morgan fingerprint density at radius 1 is 1.46 bits per heavy atom. The van der Waals surface area contributed by atoms with Crippen LogP contribution in [0.3, 0.4) is 0 Å². The summed E-state index contributed by atoms with van der Waals surface area (Å²) >= 11 is 0. The number of aliphatic hydroxyl groups is 4. The van der Waals surface area contributed by atoms with Crippen LogP contribution in [0.2, 0.25) is 0 Å². The fraction of sp³-hybridized carbons (Fsp3) is 0.857. The van der Waals surface area contributed by atoms with Crippen LogP contribution < -0.4 is 0 Å². The Kier molecular flexibility index (Phi) is 4.41. The van der Waals surface area contributed by atoms with Gasteiger partial charge >= 0.3 is 0 Å². The summed E-state index contributed by atoms with van der Waals surface area (Å²) in [6, 6.07) is 0. The van der Waals surface area contributed by atoms with Crippen molar-refractivity contribution in [1.82, 2.24) is 0 Å². The Morgan fingerprint density at radius 3 is 2.23 bits per heavy atom. The van der Waals surface area contributed by atoms with Gasteiger partial charge in [0.1, 0.15) is 18.0 Å². The molecule has 5 nitrogen and oxygen atoms in total. The van der Waals surface area contributed by atoms with Crippen molar-refractivity contribution in [2.45, 2.75) is 31.4 Å². The number of hydrogen-bond donors (Lipinski definition) is 4. The Labute approximate surface area is 74.4 Å². The van der Waals surface area contributed by atoms with E-state index in [1.807, 2.05) is 0 Å². The van der Waals surface area contributed by atoms with E-state index in [2.05, 4.69) is 0 Å². The lowest BCUT2D eigenvalue weighted by Gasteiger charge is -2.27. The van der Waals surface area contributed by atoms with E-state index in [9.17, 15) is 9.18 Å². The number of carbonyl (C=O) groups excluding carboxylic acids is 1. The molecule has 0 spiro atoms. The van der Waals surface area contributed by atoms with Crippen molar-refractivity contribution >= 4 is 5.78 Å². The maximum absolute atomic E-state index is 13.0. The first kappa shape index (κ1) is 12.4. The molecule has 0 fully saturated rings. The van der Waals surface area contributed by atoms with E-state index >= 15 is 0 Å². The number of aliphatic hydroxyl groups excluding tert-OH is 3. The molecule has 0 aliphatic rings. The molecule has 0 aromatic rings. The first-order valence-electron chi connectivity index (χ1n) is 3.70. The molecule has 4 N–H and O–H groups in total. The van der Waals surface area contributed by atoms with Crippen molar-refractivity contribution < 1.29 is 29.6 Å². The van der Waals surface area contributed by atoms with E-state index in [1.165, 1.54) is 0 Å². The van der Waals surface area contributed by atoms with Gasteiger partial charge in [-0.05, 0) is 6.92 Å². The van der Waals surface area contributed by atoms with Gasteiger partial charge in [-0.15, -0.1) is 0 Å². The zero-order chi connectivity index (χ0) is 10.6. The van der Waals surface area contributed by atoms with Crippen LogP contribution in [0.4, 0.5) is 4.39 Å². The third-order valence-corrected chi connectivity index (χ3v) is 1.59. The summed E-state index contributed by atoms with van der Waals surface area (Å²) in [5.41, 5.74) is 0. The molecule has 0 rings (SSSR count). The van der Waals surface area contributed by atoms with Gasteiger partial charge in [-0.2, -0.15) is 0 Å². The number of hydrogen-bond acceptors (Lipinski definition) is 5. The van der Waals surface area contributed by atoms with Gasteiger partial charge in [-0.3, -0.25) is 4.79 Å². The van der Waals surface area contributed by atoms with Crippen molar-refractivity contribution in [3.63, 3.8) is 0 Å². The molecule has 0 saturated heterocycles. The molecule has 6 heteroatoms. The second kappa shape index (κ2) is 4.61. The maximum atomic E-state index is 13.0. The van der Waals surface area contributed by atoms with E-state index in [-0.39, 0.29) is 0 Å². The average molecular weight is 195 g/mol. The van der Waals surface area contributed by atoms with E-state index < -0.39 is 36.9 Å². The molecule has 78 valence electrons. The standard InChI is InChI=1S/C7H13FO5/c1-4(10)2-5(11)7(8,13)6(12)3-9/h5-6,9,11-13H,2-3H2,1H3/t5-,6-,7+/m1/s1/i8-1. The molecular weight excluding hydrogens is 182 g/mol. The highest BCUT2D eigenvalue weighted by Gasteiger charge is 2.43. The van der Waals surface area contributed by atoms with Gasteiger partial charge in [-0.25, -0.2) is 4.39 Å². The highest BCUT2D eigenvalue weighted by atomic mass is 18.2. The minimum absolute atomic E-state index is 0.534. The largest absolute Gasteiger partial charge is 0.393 e. The number of ketones is 1. The van der Waals surface area contributed by atoms with Crippen molar-refractivity contribution in [3.8, 4) is 0 Å². The summed E-state index contributed by atoms with van der Waals surface area (Å²) in [7, 11) is 0. The van der Waals surface area contributed by atoms with Crippen LogP contribution in [0, 0.1) is 0 Å². The van der Waals surface area contributed by atoms with E-state index in [0.29, 0.717) is 0 Å². The lowest BCUT2D eigenvalue weighted by Crippen LogP contribution is -2.50. The smallest absolute Gasteiger partial charge is 0.261 e. The molecule has 3 atom stereocenters. The lowest BCUT2D eigenvalue weighted by molar-refractivity contribution is -0.234. The molecule has 0 aromatic heterocycles. The summed E-state index contributed by atoms with van der Waals surface area (Å²) in [5.74, 6) is -3.89. The van der Waals surface area contributed by atoms with Crippen LogP contribution in [0.5, 0.6) is 0 Å². The SMILES string of the molecule is CC(=O)C[C@@H](O)[C@@](O)([18F])[C@H](O)CO. The van der Waals surface area contributed by atoms with Crippen molar-refractivity contribution in [3.05, 3.63) is 0 Å². The normalized spacial score (nSPS) is 20.5. The van der Waals surface area contributed by atoms with Crippen molar-refractivity contribution in [2.24, 2.45) is 0 Å². The predicted molar refractivity (Wildman–Crippen MR) is 40.5 cm³/mol. The molecule has 0 radical (unpaired) electrons. The average Bonchev–Trinajstić information content (AvgIpc) is 2.01. The number of rotatable bonds is 5. The first-order chi connectivity index (χ1) is 5.82. The maximum Gasteiger partial charge on any atom is 0.261 e. The Hall–Kier alpha value is -0.560. The van der Waals surface area contributed by atoms with Gasteiger partial charge in [0, 0.05) is 6.42 Å². The van der Waals surface area contributed by atoms with Gasteiger partial charge in [0.25, 0.3) is 5.85 Å². The summed E-state index contributed by atoms with van der Waals surface area (Å²) in [6.07, 6.45) is -4.78. The minimum atomic E-state index is -3.36. The zero-order valence-corrected chi connectivity index (χ0v) is 7.14. The summed E-state index contributed by atoms with van der Waals surface area (Å²) in [4.78, 5) is 10.4. The zero-order valence-electron chi connectivity index (χ0n) is 7.14. The van der Waals surface area contributed by atoms with Gasteiger partial charge in [0.2, 0.25) is 0 Å². The summed E-state index contributed by atoms with van der Waals surface area (Å²) in [5, 5.41) is 34.8. The number of halogens is 1. The molecule has 0 unspecified atom stereocenters. The van der Waals surface area contributed by atoms with Crippen LogP contribution in [0.25, 0.3) is 0 Å². The Bertz CT molecular complexity index is 182. The van der Waals surface area contributed by atoms with Gasteiger partial charge in [-0.1, -0.05) is 0 Å². The molecule has 0 amide bonds. The quantitative estimate of drug-likeness (QED) is 0.421. The van der Waals surface area contributed by atoms with E-state index in [1.54, 1.807) is 0 Å². The van der Waals surface area contributed by atoms with Crippen LogP contribution >= 0.6 is 0 Å². The van der Waals surface area contributed by atoms with Crippen molar-refractivity contribution in [2.75, 3.05) is 6.61 Å². The number of Topliss-reactive ketones (excluding diaryl/α,β-unsaturated/α-hetero) is 1. The molecule has 0 aromatic carbocycles. The number of alkyl halides is 1. The third kappa shape index (κ3) is 3.35. The topological polar surface area (TPSA) is 98.0 Å². The lowest BCUT2D eigenvalue weighted by atomic mass is 10.0. The van der Waals surface area contributed by atoms with Gasteiger partial charge in [0.15, 0.2) is 0 Å². The molecule has 0 bridgehead atoms. The highest BCUT2D eigenvalue weighted by Crippen LogP contribution is 2.20. The van der Waals surface area contributed by atoms with Crippen LogP contribution in [-0.4, -0.2) is 50.9 Å². The van der Waals surface area contributed by atoms with Gasteiger partial charge < -0.3 is 20.4 Å². The number of carbonyl (C=O) groups is 1. The summed E-state index contributed by atoms with van der Waals surface area (Å²) in [6.45, 7) is 0.0621. The molecule has 0 saturated carbocycles. The third-order valence-electron chi connectivity index (χ3n) is 1.59. The Morgan fingerprint density at radius 2 is 1.92 bits per heavy atom. The van der Waals surface area contributed by atoms with Crippen LogP contribution in [0.1, 0.15) is 13.3 Å². The minimum Gasteiger partial charge on any atom is -0.393 e. The predicted octanol–water partition coefficient (Wildman–Crippen LogP) is -1.66. The molecule has 13 heavy (non-hydrogen) atoms. The molecule has 0 aliphatic carbocycles. The van der Waals surface area contributed by atoms with Crippen molar-refractivity contribution in [1.29, 1.82) is 0 Å². The second-order valence-corrected chi connectivity index (χ2v) is 2.85. The molecule has 0 heterocycles. The Balaban J connectivity index is 4.34. The molecular formula is C7H13FO5. The monoisotopic (exact) mass is 195 g/mol. The van der Waals surface area contributed by atoms with E-state index in [4.69, 9.17) is 20.4 Å². The van der Waals surface area contributed by atoms with Crippen LogP contribution in [-0.2, 0) is 4.79 Å². The summed E-state index contributed by atoms with van der Waals surface area (Å²) < 4.78 is 13.0. The van der Waals surface area contributed by atoms with E-state index in [0.717, 1.165) is 6.92 Å². The second-order valence-electron chi connectivity index (χ2n) is 2.85. The highest BCUT2D eigenvalue weighted by molar-refractivity contribution is 5.76. The first-order valence-corrected chi connectivity index (χ1v) is 3.70.